The van der Waals surface area contributed by atoms with Gasteiger partial charge in [0.2, 0.25) is 0 Å². The molecule has 3 heteroatoms. The van der Waals surface area contributed by atoms with E-state index in [-0.39, 0.29) is 5.41 Å². The SMILES string of the molecule is O=C(O)C(Cl)C12CC3CC(CC(C3)C1)C2. The van der Waals surface area contributed by atoms with Crippen LogP contribution in [0.1, 0.15) is 38.5 Å². The largest absolute Gasteiger partial charge is 0.480 e. The Labute approximate surface area is 95.0 Å². The van der Waals surface area contributed by atoms with Crippen molar-refractivity contribution in [1.82, 2.24) is 0 Å². The molecule has 1 N–H and O–H groups in total. The molecule has 84 valence electrons. The Balaban J connectivity index is 1.89. The molecule has 4 fully saturated rings. The van der Waals surface area contributed by atoms with E-state index in [0.29, 0.717) is 0 Å². The molecule has 15 heavy (non-hydrogen) atoms. The minimum Gasteiger partial charge on any atom is -0.480 e. The van der Waals surface area contributed by atoms with Crippen LogP contribution >= 0.6 is 11.6 Å². The summed E-state index contributed by atoms with van der Waals surface area (Å²) < 4.78 is 0. The number of hydrogen-bond acceptors (Lipinski definition) is 1. The van der Waals surface area contributed by atoms with Crippen LogP contribution in [0.4, 0.5) is 0 Å². The van der Waals surface area contributed by atoms with E-state index < -0.39 is 11.3 Å². The van der Waals surface area contributed by atoms with Crippen LogP contribution in [0.3, 0.4) is 0 Å². The van der Waals surface area contributed by atoms with E-state index in [1.165, 1.54) is 19.3 Å². The Morgan fingerprint density at radius 1 is 1.13 bits per heavy atom. The van der Waals surface area contributed by atoms with E-state index in [4.69, 9.17) is 16.7 Å². The average molecular weight is 229 g/mol. The summed E-state index contributed by atoms with van der Waals surface area (Å²) in [5.74, 6) is 1.52. The van der Waals surface area contributed by atoms with Gasteiger partial charge in [0.25, 0.3) is 0 Å². The van der Waals surface area contributed by atoms with Crippen molar-refractivity contribution in [3.05, 3.63) is 0 Å². The normalized spacial score (nSPS) is 49.3. The second kappa shape index (κ2) is 3.13. The van der Waals surface area contributed by atoms with Crippen LogP contribution < -0.4 is 0 Å². The maximum Gasteiger partial charge on any atom is 0.322 e. The number of carboxylic acid groups (broad SMARTS) is 1. The molecule has 0 aliphatic heterocycles. The van der Waals surface area contributed by atoms with Gasteiger partial charge in [-0.1, -0.05) is 0 Å². The van der Waals surface area contributed by atoms with Gasteiger partial charge in [0.1, 0.15) is 5.38 Å². The molecule has 0 spiro atoms. The maximum atomic E-state index is 11.1. The highest BCUT2D eigenvalue weighted by Crippen LogP contribution is 2.62. The summed E-state index contributed by atoms with van der Waals surface area (Å²) in [5, 5.41) is 8.46. The standard InChI is InChI=1S/C12H17ClO2/c13-10(11(14)15)12-4-7-1-8(5-12)3-9(2-7)6-12/h7-10H,1-6H2,(H,14,15). The molecule has 4 aliphatic carbocycles. The second-order valence-corrected chi connectivity index (χ2v) is 6.42. The molecule has 0 radical (unpaired) electrons. The van der Waals surface area contributed by atoms with Crippen LogP contribution in [-0.4, -0.2) is 16.5 Å². The molecule has 2 nitrogen and oxygen atoms in total. The van der Waals surface area contributed by atoms with Crippen molar-refractivity contribution in [2.45, 2.75) is 43.9 Å². The van der Waals surface area contributed by atoms with Crippen molar-refractivity contribution in [1.29, 1.82) is 0 Å². The number of carboxylic acids is 1. The van der Waals surface area contributed by atoms with E-state index in [0.717, 1.165) is 37.0 Å². The third kappa shape index (κ3) is 1.41. The van der Waals surface area contributed by atoms with E-state index in [9.17, 15) is 4.79 Å². The molecule has 0 heterocycles. The predicted octanol–water partition coefficient (Wildman–Crippen LogP) is 2.89. The zero-order valence-corrected chi connectivity index (χ0v) is 9.54. The van der Waals surface area contributed by atoms with Crippen molar-refractivity contribution < 1.29 is 9.90 Å². The van der Waals surface area contributed by atoms with Crippen LogP contribution in [0, 0.1) is 23.2 Å². The molecule has 0 aromatic carbocycles. The Bertz CT molecular complexity index is 265. The average Bonchev–Trinajstić information content (AvgIpc) is 2.14. The van der Waals surface area contributed by atoms with Crippen molar-refractivity contribution in [2.75, 3.05) is 0 Å². The lowest BCUT2D eigenvalue weighted by Crippen LogP contribution is -2.52. The van der Waals surface area contributed by atoms with E-state index in [2.05, 4.69) is 0 Å². The van der Waals surface area contributed by atoms with Crippen LogP contribution in [0.25, 0.3) is 0 Å². The minimum atomic E-state index is -0.807. The first-order chi connectivity index (χ1) is 7.09. The van der Waals surface area contributed by atoms with Gasteiger partial charge < -0.3 is 5.11 Å². The summed E-state index contributed by atoms with van der Waals surface area (Å²) in [6.07, 6.45) is 7.21. The second-order valence-electron chi connectivity index (χ2n) is 5.98. The van der Waals surface area contributed by atoms with E-state index >= 15 is 0 Å². The fraction of sp³-hybridized carbons (Fsp3) is 0.917. The Morgan fingerprint density at radius 3 is 1.87 bits per heavy atom. The predicted molar refractivity (Wildman–Crippen MR) is 57.9 cm³/mol. The maximum absolute atomic E-state index is 11.1. The van der Waals surface area contributed by atoms with Crippen LogP contribution in [0.15, 0.2) is 0 Å². The van der Waals surface area contributed by atoms with E-state index in [1.54, 1.807) is 0 Å². The molecule has 4 aliphatic rings. The van der Waals surface area contributed by atoms with Crippen molar-refractivity contribution in [3.8, 4) is 0 Å². The number of halogens is 1. The fourth-order valence-electron chi connectivity index (χ4n) is 4.75. The summed E-state index contributed by atoms with van der Waals surface area (Å²) in [6, 6.07) is 0. The Kier molecular flexibility index (Phi) is 2.08. The number of rotatable bonds is 2. The lowest BCUT2D eigenvalue weighted by atomic mass is 9.48. The fourth-order valence-corrected chi connectivity index (χ4v) is 5.02. The Hall–Kier alpha value is -0.240. The van der Waals surface area contributed by atoms with Crippen molar-refractivity contribution in [3.63, 3.8) is 0 Å². The van der Waals surface area contributed by atoms with Gasteiger partial charge in [-0.3, -0.25) is 4.79 Å². The molecule has 4 saturated carbocycles. The van der Waals surface area contributed by atoms with Gasteiger partial charge in [0, 0.05) is 0 Å². The van der Waals surface area contributed by atoms with Crippen molar-refractivity contribution in [2.24, 2.45) is 23.2 Å². The van der Waals surface area contributed by atoms with Gasteiger partial charge in [-0.15, -0.1) is 11.6 Å². The molecule has 0 aromatic heterocycles. The van der Waals surface area contributed by atoms with Gasteiger partial charge in [-0.25, -0.2) is 0 Å². The van der Waals surface area contributed by atoms with Gasteiger partial charge in [-0.05, 0) is 61.7 Å². The summed E-state index contributed by atoms with van der Waals surface area (Å²) in [5.41, 5.74) is -0.0534. The first-order valence-electron chi connectivity index (χ1n) is 5.96. The first kappa shape index (κ1) is 9.95. The number of carbonyl (C=O) groups is 1. The molecule has 1 atom stereocenters. The molecule has 0 saturated heterocycles. The molecule has 1 unspecified atom stereocenters. The molecule has 0 amide bonds. The van der Waals surface area contributed by atoms with E-state index in [1.807, 2.05) is 0 Å². The van der Waals surface area contributed by atoms with Crippen molar-refractivity contribution >= 4 is 17.6 Å². The minimum absolute atomic E-state index is 0.0534. The highest BCUT2D eigenvalue weighted by atomic mass is 35.5. The van der Waals surface area contributed by atoms with Gasteiger partial charge in [-0.2, -0.15) is 0 Å². The quantitative estimate of drug-likeness (QED) is 0.738. The summed E-state index contributed by atoms with van der Waals surface area (Å²) in [6.45, 7) is 0. The van der Waals surface area contributed by atoms with Crippen LogP contribution in [0.5, 0.6) is 0 Å². The summed E-state index contributed by atoms with van der Waals surface area (Å²) >= 11 is 6.14. The number of alkyl halides is 1. The Morgan fingerprint density at radius 2 is 1.53 bits per heavy atom. The molecule has 0 aromatic rings. The van der Waals surface area contributed by atoms with Gasteiger partial charge in [0.15, 0.2) is 0 Å². The summed E-state index contributed by atoms with van der Waals surface area (Å²) in [4.78, 5) is 11.1. The zero-order chi connectivity index (χ0) is 10.6. The molecular weight excluding hydrogens is 212 g/mol. The van der Waals surface area contributed by atoms with Gasteiger partial charge in [0.05, 0.1) is 0 Å². The molecule has 4 rings (SSSR count). The highest BCUT2D eigenvalue weighted by Gasteiger charge is 2.55. The van der Waals surface area contributed by atoms with Crippen LogP contribution in [-0.2, 0) is 4.79 Å². The third-order valence-corrected chi connectivity index (χ3v) is 5.49. The number of hydrogen-bond donors (Lipinski definition) is 1. The highest BCUT2D eigenvalue weighted by molar-refractivity contribution is 6.30. The lowest BCUT2D eigenvalue weighted by Gasteiger charge is -2.57. The summed E-state index contributed by atoms with van der Waals surface area (Å²) in [7, 11) is 0. The zero-order valence-electron chi connectivity index (χ0n) is 8.79. The molecule has 4 bridgehead atoms. The third-order valence-electron chi connectivity index (χ3n) is 4.84. The topological polar surface area (TPSA) is 37.3 Å². The monoisotopic (exact) mass is 228 g/mol. The van der Waals surface area contributed by atoms with Gasteiger partial charge >= 0.3 is 5.97 Å². The molecular formula is C12H17ClO2. The number of aliphatic carboxylic acids is 1. The smallest absolute Gasteiger partial charge is 0.322 e. The van der Waals surface area contributed by atoms with Crippen LogP contribution in [0.2, 0.25) is 0 Å². The first-order valence-corrected chi connectivity index (χ1v) is 6.39. The lowest BCUT2D eigenvalue weighted by molar-refractivity contribution is -0.144.